The minimum absolute atomic E-state index is 0.0879. The Bertz CT molecular complexity index is 646. The van der Waals surface area contributed by atoms with Crippen LogP contribution in [0.1, 0.15) is 27.6 Å². The summed E-state index contributed by atoms with van der Waals surface area (Å²) in [5.41, 5.74) is 0.836. The van der Waals surface area contributed by atoms with Gasteiger partial charge in [-0.15, -0.1) is 0 Å². The molecule has 0 bridgehead atoms. The van der Waals surface area contributed by atoms with Gasteiger partial charge in [-0.3, -0.25) is 9.59 Å². The maximum absolute atomic E-state index is 13.0. The van der Waals surface area contributed by atoms with E-state index in [0.717, 1.165) is 12.1 Å². The van der Waals surface area contributed by atoms with Crippen LogP contribution in [0.25, 0.3) is 0 Å². The molecule has 0 heterocycles. The highest BCUT2D eigenvalue weighted by Crippen LogP contribution is 2.13. The van der Waals surface area contributed by atoms with Gasteiger partial charge in [0, 0.05) is 22.9 Å². The number of carbonyl (C=O) groups excluding carboxylic acids is 2. The predicted molar refractivity (Wildman–Crippen MR) is 70.8 cm³/mol. The second kappa shape index (κ2) is 5.61. The number of rotatable bonds is 3. The topological polar surface area (TPSA) is 46.2 Å². The minimum Gasteiger partial charge on any atom is -0.322 e. The van der Waals surface area contributed by atoms with Crippen molar-refractivity contribution in [1.29, 1.82) is 0 Å². The number of carbonyl (C=O) groups is 2. The fraction of sp³-hybridized carbons (Fsp3) is 0.0667. The number of hydrogen-bond donors (Lipinski definition) is 1. The average Bonchev–Trinajstić information content (AvgIpc) is 2.38. The smallest absolute Gasteiger partial charge is 0.255 e. The summed E-state index contributed by atoms with van der Waals surface area (Å²) in [5.74, 6) is -2.35. The molecular formula is C15H11F2NO2. The Morgan fingerprint density at radius 3 is 1.95 bits per heavy atom. The number of anilines is 1. The second-order valence-electron chi connectivity index (χ2n) is 4.25. The first-order valence-electron chi connectivity index (χ1n) is 5.84. The van der Waals surface area contributed by atoms with Crippen LogP contribution in [-0.4, -0.2) is 11.7 Å². The number of Topliss-reactive ketones (excluding diaryl/α,β-unsaturated/α-hetero) is 1. The normalized spacial score (nSPS) is 10.2. The van der Waals surface area contributed by atoms with Gasteiger partial charge >= 0.3 is 0 Å². The van der Waals surface area contributed by atoms with Gasteiger partial charge in [0.25, 0.3) is 5.91 Å². The molecule has 0 aromatic heterocycles. The summed E-state index contributed by atoms with van der Waals surface area (Å²) < 4.78 is 26.0. The lowest BCUT2D eigenvalue weighted by molar-refractivity contribution is 0.101. The summed E-state index contributed by atoms with van der Waals surface area (Å²) in [5, 5.41) is 2.50. The maximum Gasteiger partial charge on any atom is 0.255 e. The molecule has 2 aromatic carbocycles. The van der Waals surface area contributed by atoms with E-state index >= 15 is 0 Å². The molecule has 3 nitrogen and oxygen atoms in total. The Hall–Kier alpha value is -2.56. The number of nitrogens with one attached hydrogen (secondary N) is 1. The molecule has 1 amide bonds. The lowest BCUT2D eigenvalue weighted by atomic mass is 10.1. The van der Waals surface area contributed by atoms with E-state index in [-0.39, 0.29) is 11.3 Å². The highest BCUT2D eigenvalue weighted by atomic mass is 19.1. The molecular weight excluding hydrogens is 264 g/mol. The molecule has 2 rings (SSSR count). The third kappa shape index (κ3) is 3.26. The van der Waals surface area contributed by atoms with E-state index in [1.807, 2.05) is 0 Å². The lowest BCUT2D eigenvalue weighted by Crippen LogP contribution is -2.12. The summed E-state index contributed by atoms with van der Waals surface area (Å²) in [6, 6.07) is 8.80. The summed E-state index contributed by atoms with van der Waals surface area (Å²) in [4.78, 5) is 22.9. The van der Waals surface area contributed by atoms with Gasteiger partial charge in [0.15, 0.2) is 5.78 Å². The fourth-order valence-corrected chi connectivity index (χ4v) is 1.68. The molecule has 0 aliphatic rings. The SMILES string of the molecule is CC(=O)c1ccc(NC(=O)c2cc(F)cc(F)c2)cc1. The molecule has 5 heteroatoms. The first-order chi connectivity index (χ1) is 9.45. The molecule has 0 atom stereocenters. The number of benzene rings is 2. The van der Waals surface area contributed by atoms with Gasteiger partial charge in [0.2, 0.25) is 0 Å². The van der Waals surface area contributed by atoms with E-state index in [1.165, 1.54) is 6.92 Å². The van der Waals surface area contributed by atoms with Gasteiger partial charge in [-0.05, 0) is 43.3 Å². The maximum atomic E-state index is 13.0. The number of ketones is 1. The van der Waals surface area contributed by atoms with Crippen molar-refractivity contribution in [2.75, 3.05) is 5.32 Å². The zero-order chi connectivity index (χ0) is 14.7. The van der Waals surface area contributed by atoms with Crippen LogP contribution in [0.5, 0.6) is 0 Å². The van der Waals surface area contributed by atoms with Crippen LogP contribution in [0.3, 0.4) is 0 Å². The number of halogens is 2. The van der Waals surface area contributed by atoms with Gasteiger partial charge in [-0.2, -0.15) is 0 Å². The van der Waals surface area contributed by atoms with Gasteiger partial charge in [0.05, 0.1) is 0 Å². The molecule has 0 spiro atoms. The monoisotopic (exact) mass is 275 g/mol. The lowest BCUT2D eigenvalue weighted by Gasteiger charge is -2.06. The van der Waals surface area contributed by atoms with Crippen molar-refractivity contribution in [1.82, 2.24) is 0 Å². The Balaban J connectivity index is 2.16. The average molecular weight is 275 g/mol. The molecule has 0 saturated heterocycles. The second-order valence-corrected chi connectivity index (χ2v) is 4.25. The third-order valence-corrected chi connectivity index (χ3v) is 2.67. The van der Waals surface area contributed by atoms with Gasteiger partial charge < -0.3 is 5.32 Å². The van der Waals surface area contributed by atoms with Gasteiger partial charge in [-0.1, -0.05) is 0 Å². The Kier molecular flexibility index (Phi) is 3.89. The van der Waals surface area contributed by atoms with Crippen molar-refractivity contribution in [3.05, 3.63) is 65.2 Å². The predicted octanol–water partition coefficient (Wildman–Crippen LogP) is 3.42. The number of hydrogen-bond acceptors (Lipinski definition) is 2. The summed E-state index contributed by atoms with van der Waals surface area (Å²) in [6.07, 6.45) is 0. The fourth-order valence-electron chi connectivity index (χ4n) is 1.68. The first-order valence-corrected chi connectivity index (χ1v) is 5.84. The van der Waals surface area contributed by atoms with Crippen LogP contribution < -0.4 is 5.32 Å². The Labute approximate surface area is 114 Å². The largest absolute Gasteiger partial charge is 0.322 e. The van der Waals surface area contributed by atoms with E-state index in [4.69, 9.17) is 0 Å². The van der Waals surface area contributed by atoms with E-state index < -0.39 is 17.5 Å². The molecule has 102 valence electrons. The molecule has 0 radical (unpaired) electrons. The standard InChI is InChI=1S/C15H11F2NO2/c1-9(19)10-2-4-14(5-3-10)18-15(20)11-6-12(16)8-13(17)7-11/h2-8H,1H3,(H,18,20). The molecule has 0 aliphatic heterocycles. The van der Waals surface area contributed by atoms with Crippen molar-refractivity contribution in [2.24, 2.45) is 0 Å². The Morgan fingerprint density at radius 1 is 0.900 bits per heavy atom. The molecule has 0 fully saturated rings. The van der Waals surface area contributed by atoms with E-state index in [2.05, 4.69) is 5.32 Å². The zero-order valence-electron chi connectivity index (χ0n) is 10.6. The third-order valence-electron chi connectivity index (χ3n) is 2.67. The molecule has 2 aromatic rings. The number of amides is 1. The van der Waals surface area contributed by atoms with Crippen molar-refractivity contribution >= 4 is 17.4 Å². The highest BCUT2D eigenvalue weighted by molar-refractivity contribution is 6.04. The van der Waals surface area contributed by atoms with E-state index in [1.54, 1.807) is 24.3 Å². The minimum atomic E-state index is -0.818. The van der Waals surface area contributed by atoms with Crippen LogP contribution in [0.15, 0.2) is 42.5 Å². The molecule has 1 N–H and O–H groups in total. The van der Waals surface area contributed by atoms with Crippen molar-refractivity contribution < 1.29 is 18.4 Å². The van der Waals surface area contributed by atoms with E-state index in [0.29, 0.717) is 17.3 Å². The van der Waals surface area contributed by atoms with Crippen LogP contribution in [0, 0.1) is 11.6 Å². The van der Waals surface area contributed by atoms with Crippen molar-refractivity contribution in [3.63, 3.8) is 0 Å². The summed E-state index contributed by atoms with van der Waals surface area (Å²) in [6.45, 7) is 1.43. The molecule has 0 unspecified atom stereocenters. The van der Waals surface area contributed by atoms with Gasteiger partial charge in [-0.25, -0.2) is 8.78 Å². The first kappa shape index (κ1) is 13.9. The zero-order valence-corrected chi connectivity index (χ0v) is 10.6. The van der Waals surface area contributed by atoms with Crippen LogP contribution >= 0.6 is 0 Å². The van der Waals surface area contributed by atoms with E-state index in [9.17, 15) is 18.4 Å². The van der Waals surface area contributed by atoms with Crippen LogP contribution in [0.2, 0.25) is 0 Å². The van der Waals surface area contributed by atoms with Gasteiger partial charge in [0.1, 0.15) is 11.6 Å². The van der Waals surface area contributed by atoms with Crippen molar-refractivity contribution in [3.8, 4) is 0 Å². The van der Waals surface area contributed by atoms with Crippen LogP contribution in [0.4, 0.5) is 14.5 Å². The molecule has 0 aliphatic carbocycles. The summed E-state index contributed by atoms with van der Waals surface area (Å²) >= 11 is 0. The Morgan fingerprint density at radius 2 is 1.45 bits per heavy atom. The van der Waals surface area contributed by atoms with Crippen molar-refractivity contribution in [2.45, 2.75) is 6.92 Å². The highest BCUT2D eigenvalue weighted by Gasteiger charge is 2.09. The molecule has 20 heavy (non-hydrogen) atoms. The van der Waals surface area contributed by atoms with Crippen LogP contribution in [-0.2, 0) is 0 Å². The molecule has 0 saturated carbocycles. The summed E-state index contributed by atoms with van der Waals surface area (Å²) in [7, 11) is 0. The quantitative estimate of drug-likeness (QED) is 0.872.